The van der Waals surface area contributed by atoms with Crippen LogP contribution in [0.3, 0.4) is 0 Å². The highest BCUT2D eigenvalue weighted by Gasteiger charge is 2.31. The van der Waals surface area contributed by atoms with E-state index in [9.17, 15) is 22.8 Å². The fourth-order valence-electron chi connectivity index (χ4n) is 3.60. The van der Waals surface area contributed by atoms with E-state index in [1.165, 1.54) is 4.90 Å². The number of nitrogens with one attached hydrogen (secondary N) is 1. The number of benzene rings is 1. The number of piperidine rings is 1. The van der Waals surface area contributed by atoms with E-state index in [1.807, 2.05) is 32.0 Å². The predicted molar refractivity (Wildman–Crippen MR) is 113 cm³/mol. The molecule has 0 bridgehead atoms. The molecule has 1 heterocycles. The summed E-state index contributed by atoms with van der Waals surface area (Å²) >= 11 is 0. The van der Waals surface area contributed by atoms with Crippen LogP contribution in [0.25, 0.3) is 0 Å². The fourth-order valence-corrected chi connectivity index (χ4v) is 4.35. The number of para-hydroxylation sites is 1. The third kappa shape index (κ3) is 6.83. The predicted octanol–water partition coefficient (Wildman–Crippen LogP) is 1.04. The molecule has 2 atom stereocenters. The molecule has 1 saturated heterocycles. The van der Waals surface area contributed by atoms with E-state index >= 15 is 0 Å². The molecule has 0 spiro atoms. The number of carbonyl (C=O) groups is 3. The Kier molecular flexibility index (Phi) is 8.00. The summed E-state index contributed by atoms with van der Waals surface area (Å²) in [5, 5.41) is 2.63. The second kappa shape index (κ2) is 10.1. The molecule has 0 aliphatic carbocycles. The number of likely N-dealkylation sites (tertiary alicyclic amines) is 1. The van der Waals surface area contributed by atoms with Crippen molar-refractivity contribution in [1.29, 1.82) is 0 Å². The summed E-state index contributed by atoms with van der Waals surface area (Å²) in [4.78, 5) is 38.7. The standard InChI is InChI=1S/C21H30N2O6S/c1-14-7-5-8-15(2)20(14)29-12-19(25)22-16(3)21(26)23-10-6-9-17(11-23)18(24)13-30(4,27)28/h5,7-8,16-17H,6,9-13H2,1-4H3,(H,22,25)/t16-,17+/m1/s1. The van der Waals surface area contributed by atoms with Crippen LogP contribution in [0, 0.1) is 19.8 Å². The Morgan fingerprint density at radius 1 is 1.23 bits per heavy atom. The molecule has 0 aromatic heterocycles. The van der Waals surface area contributed by atoms with E-state index < -0.39 is 33.5 Å². The van der Waals surface area contributed by atoms with Gasteiger partial charge in [-0.1, -0.05) is 18.2 Å². The summed E-state index contributed by atoms with van der Waals surface area (Å²) in [6.45, 7) is 5.81. The lowest BCUT2D eigenvalue weighted by atomic mass is 9.94. The highest BCUT2D eigenvalue weighted by Crippen LogP contribution is 2.22. The van der Waals surface area contributed by atoms with Gasteiger partial charge in [0, 0.05) is 25.3 Å². The number of amides is 2. The van der Waals surface area contributed by atoms with Crippen molar-refractivity contribution in [2.24, 2.45) is 5.92 Å². The molecule has 166 valence electrons. The number of carbonyl (C=O) groups excluding carboxylic acids is 3. The highest BCUT2D eigenvalue weighted by molar-refractivity contribution is 7.91. The Morgan fingerprint density at radius 3 is 2.47 bits per heavy atom. The zero-order valence-corrected chi connectivity index (χ0v) is 18.8. The summed E-state index contributed by atoms with van der Waals surface area (Å²) < 4.78 is 28.4. The molecule has 1 aromatic carbocycles. The van der Waals surface area contributed by atoms with Gasteiger partial charge in [-0.25, -0.2) is 8.42 Å². The van der Waals surface area contributed by atoms with Crippen molar-refractivity contribution >= 4 is 27.4 Å². The number of hydrogen-bond donors (Lipinski definition) is 1. The van der Waals surface area contributed by atoms with Gasteiger partial charge in [0.25, 0.3) is 5.91 Å². The Morgan fingerprint density at radius 2 is 1.87 bits per heavy atom. The maximum absolute atomic E-state index is 12.7. The molecule has 0 radical (unpaired) electrons. The smallest absolute Gasteiger partial charge is 0.258 e. The number of ketones is 1. The lowest BCUT2D eigenvalue weighted by Gasteiger charge is -2.33. The maximum Gasteiger partial charge on any atom is 0.258 e. The Hall–Kier alpha value is -2.42. The van der Waals surface area contributed by atoms with Crippen LogP contribution in [0.1, 0.15) is 30.9 Å². The van der Waals surface area contributed by atoms with Crippen molar-refractivity contribution in [2.75, 3.05) is 31.7 Å². The van der Waals surface area contributed by atoms with Gasteiger partial charge in [-0.15, -0.1) is 0 Å². The van der Waals surface area contributed by atoms with Crippen LogP contribution < -0.4 is 10.1 Å². The Balaban J connectivity index is 1.88. The summed E-state index contributed by atoms with van der Waals surface area (Å²) in [5.41, 5.74) is 1.84. The van der Waals surface area contributed by atoms with Crippen molar-refractivity contribution < 1.29 is 27.5 Å². The van der Waals surface area contributed by atoms with Crippen LogP contribution in [0.4, 0.5) is 0 Å². The minimum Gasteiger partial charge on any atom is -0.483 e. The lowest BCUT2D eigenvalue weighted by molar-refractivity contribution is -0.139. The molecular formula is C21H30N2O6S. The van der Waals surface area contributed by atoms with Gasteiger partial charge in [0.05, 0.1) is 0 Å². The third-order valence-electron chi connectivity index (χ3n) is 5.10. The first-order chi connectivity index (χ1) is 14.0. The lowest BCUT2D eigenvalue weighted by Crippen LogP contribution is -2.51. The van der Waals surface area contributed by atoms with Crippen LogP contribution in [-0.2, 0) is 24.2 Å². The van der Waals surface area contributed by atoms with Crippen molar-refractivity contribution in [3.05, 3.63) is 29.3 Å². The summed E-state index contributed by atoms with van der Waals surface area (Å²) in [5.74, 6) is -1.44. The van der Waals surface area contributed by atoms with E-state index in [0.29, 0.717) is 25.1 Å². The number of ether oxygens (including phenoxy) is 1. The minimum atomic E-state index is -3.40. The second-order valence-corrected chi connectivity index (χ2v) is 10.1. The monoisotopic (exact) mass is 438 g/mol. The number of aryl methyl sites for hydroxylation is 2. The quantitative estimate of drug-likeness (QED) is 0.649. The fraction of sp³-hybridized carbons (Fsp3) is 0.571. The molecular weight excluding hydrogens is 408 g/mol. The van der Waals surface area contributed by atoms with E-state index in [2.05, 4.69) is 5.32 Å². The topological polar surface area (TPSA) is 110 Å². The van der Waals surface area contributed by atoms with Crippen LogP contribution in [0.5, 0.6) is 5.75 Å². The molecule has 9 heteroatoms. The average Bonchev–Trinajstić information content (AvgIpc) is 2.65. The van der Waals surface area contributed by atoms with Crippen LogP contribution >= 0.6 is 0 Å². The van der Waals surface area contributed by atoms with E-state index in [1.54, 1.807) is 6.92 Å². The average molecular weight is 439 g/mol. The SMILES string of the molecule is Cc1cccc(C)c1OCC(=O)N[C@H](C)C(=O)N1CCC[C@H](C(=O)CS(C)(=O)=O)C1. The molecule has 0 unspecified atom stereocenters. The van der Waals surface area contributed by atoms with Gasteiger partial charge in [0.1, 0.15) is 17.5 Å². The Bertz CT molecular complexity index is 892. The molecule has 8 nitrogen and oxygen atoms in total. The summed E-state index contributed by atoms with van der Waals surface area (Å²) in [6, 6.07) is 4.92. The molecule has 30 heavy (non-hydrogen) atoms. The number of Topliss-reactive ketones (excluding diaryl/α,β-unsaturated/α-hetero) is 1. The number of rotatable bonds is 8. The molecule has 1 fully saturated rings. The molecule has 1 aliphatic heterocycles. The Labute approximate surface area is 177 Å². The highest BCUT2D eigenvalue weighted by atomic mass is 32.2. The van der Waals surface area contributed by atoms with Gasteiger partial charge in [0.15, 0.2) is 22.2 Å². The first-order valence-electron chi connectivity index (χ1n) is 9.95. The van der Waals surface area contributed by atoms with E-state index in [0.717, 1.165) is 17.4 Å². The molecule has 1 N–H and O–H groups in total. The first kappa shape index (κ1) is 23.9. The molecule has 2 amide bonds. The summed E-state index contributed by atoms with van der Waals surface area (Å²) in [7, 11) is -3.40. The maximum atomic E-state index is 12.7. The van der Waals surface area contributed by atoms with Crippen molar-refractivity contribution in [3.8, 4) is 5.75 Å². The van der Waals surface area contributed by atoms with Crippen LogP contribution in [-0.4, -0.2) is 68.7 Å². The summed E-state index contributed by atoms with van der Waals surface area (Å²) in [6.07, 6.45) is 2.19. The zero-order valence-electron chi connectivity index (χ0n) is 17.9. The van der Waals surface area contributed by atoms with Crippen molar-refractivity contribution in [1.82, 2.24) is 10.2 Å². The molecule has 1 aliphatic rings. The molecule has 2 rings (SSSR count). The van der Waals surface area contributed by atoms with Gasteiger partial charge < -0.3 is 15.0 Å². The van der Waals surface area contributed by atoms with Gasteiger partial charge >= 0.3 is 0 Å². The third-order valence-corrected chi connectivity index (χ3v) is 5.91. The normalized spacial score (nSPS) is 17.9. The number of hydrogen-bond acceptors (Lipinski definition) is 6. The zero-order chi connectivity index (χ0) is 22.5. The number of nitrogens with zero attached hydrogens (tertiary/aromatic N) is 1. The molecule has 0 saturated carbocycles. The van der Waals surface area contributed by atoms with Crippen LogP contribution in [0.2, 0.25) is 0 Å². The minimum absolute atomic E-state index is 0.173. The van der Waals surface area contributed by atoms with Crippen LogP contribution in [0.15, 0.2) is 18.2 Å². The largest absolute Gasteiger partial charge is 0.483 e. The first-order valence-corrected chi connectivity index (χ1v) is 12.0. The van der Waals surface area contributed by atoms with Gasteiger partial charge in [-0.2, -0.15) is 0 Å². The van der Waals surface area contributed by atoms with Gasteiger partial charge in [-0.3, -0.25) is 14.4 Å². The van der Waals surface area contributed by atoms with Crippen molar-refractivity contribution in [3.63, 3.8) is 0 Å². The van der Waals surface area contributed by atoms with E-state index in [-0.39, 0.29) is 24.8 Å². The van der Waals surface area contributed by atoms with E-state index in [4.69, 9.17) is 4.74 Å². The van der Waals surface area contributed by atoms with Gasteiger partial charge in [-0.05, 0) is 44.7 Å². The van der Waals surface area contributed by atoms with Gasteiger partial charge in [0.2, 0.25) is 5.91 Å². The van der Waals surface area contributed by atoms with Crippen molar-refractivity contribution in [2.45, 2.75) is 39.7 Å². The molecule has 1 aromatic rings. The number of sulfone groups is 1. The second-order valence-electron chi connectivity index (χ2n) is 7.96.